The molecule has 0 spiro atoms. The molecule has 1 fully saturated rings. The quantitative estimate of drug-likeness (QED) is 0.850. The number of alkyl halides is 1. The Morgan fingerprint density at radius 3 is 2.43 bits per heavy atom. The van der Waals surface area contributed by atoms with Crippen LogP contribution >= 0.6 is 11.6 Å². The number of amides is 1. The van der Waals surface area contributed by atoms with Gasteiger partial charge in [0.25, 0.3) is 0 Å². The molecule has 1 aliphatic rings. The van der Waals surface area contributed by atoms with Gasteiger partial charge in [-0.25, -0.2) is 4.79 Å². The van der Waals surface area contributed by atoms with Crippen LogP contribution in [-0.4, -0.2) is 51.5 Å². The van der Waals surface area contributed by atoms with Gasteiger partial charge in [-0.1, -0.05) is 51.1 Å². The highest BCUT2D eigenvalue weighted by Crippen LogP contribution is 2.40. The second-order valence-corrected chi connectivity index (χ2v) is 7.92. The summed E-state index contributed by atoms with van der Waals surface area (Å²) in [5.74, 6) is 0.427. The van der Waals surface area contributed by atoms with Crippen molar-refractivity contribution in [2.24, 2.45) is 5.41 Å². The average molecular weight is 339 g/mol. The number of benzene rings is 1. The minimum atomic E-state index is -0.864. The van der Waals surface area contributed by atoms with Crippen molar-refractivity contribution in [1.82, 2.24) is 9.80 Å². The summed E-state index contributed by atoms with van der Waals surface area (Å²) >= 11 is 6.16. The first-order valence-corrected chi connectivity index (χ1v) is 8.57. The summed E-state index contributed by atoms with van der Waals surface area (Å²) in [6.45, 7) is 10.3. The van der Waals surface area contributed by atoms with E-state index in [1.54, 1.807) is 4.90 Å². The Labute approximate surface area is 144 Å². The molecular weight excluding hydrogens is 312 g/mol. The van der Waals surface area contributed by atoms with Crippen LogP contribution in [0, 0.1) is 5.41 Å². The Kier molecular flexibility index (Phi) is 5.27. The van der Waals surface area contributed by atoms with Gasteiger partial charge < -0.3 is 5.11 Å². The summed E-state index contributed by atoms with van der Waals surface area (Å²) in [4.78, 5) is 15.7. The van der Waals surface area contributed by atoms with E-state index in [0.29, 0.717) is 19.0 Å². The summed E-state index contributed by atoms with van der Waals surface area (Å²) in [5, 5.41) is 9.69. The van der Waals surface area contributed by atoms with Crippen molar-refractivity contribution in [3.63, 3.8) is 0 Å². The number of hydrogen-bond acceptors (Lipinski definition) is 2. The molecule has 128 valence electrons. The normalized spacial score (nSPS) is 26.3. The standard InChI is InChI=1S/C18H27ClN2O2/c1-17(2,3)18(4)13-20(11-14-8-6-5-7-9-14)15(10-19)12-21(18)16(22)23/h5-9,15H,10-13H2,1-4H3,(H,22,23)/t15-,18-/m0/s1. The monoisotopic (exact) mass is 338 g/mol. The first-order valence-electron chi connectivity index (χ1n) is 8.03. The van der Waals surface area contributed by atoms with Gasteiger partial charge in [-0.15, -0.1) is 11.6 Å². The van der Waals surface area contributed by atoms with E-state index in [0.717, 1.165) is 6.54 Å². The molecule has 2 rings (SSSR count). The minimum absolute atomic E-state index is 0.0309. The molecule has 1 aliphatic heterocycles. The van der Waals surface area contributed by atoms with Crippen LogP contribution in [0.4, 0.5) is 4.79 Å². The van der Waals surface area contributed by atoms with Crippen LogP contribution in [0.2, 0.25) is 0 Å². The number of hydrogen-bond donors (Lipinski definition) is 1. The van der Waals surface area contributed by atoms with Crippen molar-refractivity contribution in [1.29, 1.82) is 0 Å². The molecule has 0 aromatic heterocycles. The number of nitrogens with zero attached hydrogens (tertiary/aromatic N) is 2. The van der Waals surface area contributed by atoms with Gasteiger partial charge in [0.1, 0.15) is 0 Å². The predicted octanol–water partition coefficient (Wildman–Crippen LogP) is 3.89. The molecule has 2 atom stereocenters. The zero-order chi connectivity index (χ0) is 17.3. The number of rotatable bonds is 3. The first kappa shape index (κ1) is 18.1. The molecule has 0 aliphatic carbocycles. The van der Waals surface area contributed by atoms with Crippen molar-refractivity contribution in [3.8, 4) is 0 Å². The highest BCUT2D eigenvalue weighted by atomic mass is 35.5. The lowest BCUT2D eigenvalue weighted by Gasteiger charge is -2.56. The van der Waals surface area contributed by atoms with E-state index in [9.17, 15) is 9.90 Å². The molecule has 0 bridgehead atoms. The van der Waals surface area contributed by atoms with Crippen LogP contribution in [0.5, 0.6) is 0 Å². The molecule has 23 heavy (non-hydrogen) atoms. The van der Waals surface area contributed by atoms with E-state index in [-0.39, 0.29) is 11.5 Å². The van der Waals surface area contributed by atoms with E-state index in [4.69, 9.17) is 11.6 Å². The van der Waals surface area contributed by atoms with E-state index < -0.39 is 11.6 Å². The summed E-state index contributed by atoms with van der Waals surface area (Å²) in [6.07, 6.45) is -0.864. The summed E-state index contributed by atoms with van der Waals surface area (Å²) in [5.41, 5.74) is 0.594. The molecule has 1 amide bonds. The molecule has 5 heteroatoms. The van der Waals surface area contributed by atoms with Gasteiger partial charge in [-0.3, -0.25) is 9.80 Å². The van der Waals surface area contributed by atoms with Crippen LogP contribution in [0.25, 0.3) is 0 Å². The predicted molar refractivity (Wildman–Crippen MR) is 94.0 cm³/mol. The fourth-order valence-electron chi connectivity index (χ4n) is 3.22. The van der Waals surface area contributed by atoms with Crippen molar-refractivity contribution >= 4 is 17.7 Å². The van der Waals surface area contributed by atoms with Crippen LogP contribution in [0.3, 0.4) is 0 Å². The molecule has 0 unspecified atom stereocenters. The maximum Gasteiger partial charge on any atom is 0.407 e. The van der Waals surface area contributed by atoms with Gasteiger partial charge >= 0.3 is 6.09 Å². The van der Waals surface area contributed by atoms with E-state index in [2.05, 4.69) is 37.8 Å². The molecule has 0 radical (unpaired) electrons. The van der Waals surface area contributed by atoms with Crippen LogP contribution in [-0.2, 0) is 6.54 Å². The van der Waals surface area contributed by atoms with Crippen molar-refractivity contribution in [2.45, 2.75) is 45.8 Å². The molecule has 4 nitrogen and oxygen atoms in total. The van der Waals surface area contributed by atoms with E-state index in [1.165, 1.54) is 5.56 Å². The molecule has 1 heterocycles. The smallest absolute Gasteiger partial charge is 0.407 e. The lowest BCUT2D eigenvalue weighted by atomic mass is 9.71. The zero-order valence-electron chi connectivity index (χ0n) is 14.4. The number of carbonyl (C=O) groups is 1. The lowest BCUT2D eigenvalue weighted by molar-refractivity contribution is -0.0659. The van der Waals surface area contributed by atoms with Gasteiger partial charge in [0.05, 0.1) is 5.54 Å². The SMILES string of the molecule is CC(C)(C)[C@]1(C)CN(Cc2ccccc2)[C@@H](CCl)CN1C(=O)O. The fraction of sp³-hybridized carbons (Fsp3) is 0.611. The van der Waals surface area contributed by atoms with Gasteiger partial charge in [-0.05, 0) is 17.9 Å². The zero-order valence-corrected chi connectivity index (χ0v) is 15.2. The maximum atomic E-state index is 11.8. The fourth-order valence-corrected chi connectivity index (χ4v) is 3.51. The summed E-state index contributed by atoms with van der Waals surface area (Å²) < 4.78 is 0. The van der Waals surface area contributed by atoms with Gasteiger partial charge in [0.15, 0.2) is 0 Å². The first-order chi connectivity index (χ1) is 10.7. The summed E-state index contributed by atoms with van der Waals surface area (Å²) in [6, 6.07) is 10.3. The van der Waals surface area contributed by atoms with Gasteiger partial charge in [0, 0.05) is 31.6 Å². The molecule has 1 aromatic carbocycles. The Hall–Kier alpha value is -1.26. The second-order valence-electron chi connectivity index (χ2n) is 7.62. The summed E-state index contributed by atoms with van der Waals surface area (Å²) in [7, 11) is 0. The third-order valence-electron chi connectivity index (χ3n) is 5.27. The largest absolute Gasteiger partial charge is 0.465 e. The number of piperazine rings is 1. The highest BCUT2D eigenvalue weighted by Gasteiger charge is 2.50. The molecule has 1 saturated heterocycles. The lowest BCUT2D eigenvalue weighted by Crippen LogP contribution is -2.70. The molecule has 1 N–H and O–H groups in total. The third-order valence-corrected chi connectivity index (χ3v) is 5.63. The number of carboxylic acid groups (broad SMARTS) is 1. The Bertz CT molecular complexity index is 544. The van der Waals surface area contributed by atoms with Gasteiger partial charge in [-0.2, -0.15) is 0 Å². The van der Waals surface area contributed by atoms with Crippen LogP contribution in [0.15, 0.2) is 30.3 Å². The van der Waals surface area contributed by atoms with E-state index in [1.807, 2.05) is 25.1 Å². The Morgan fingerprint density at radius 2 is 1.96 bits per heavy atom. The molecule has 0 saturated carbocycles. The van der Waals surface area contributed by atoms with Crippen molar-refractivity contribution in [3.05, 3.63) is 35.9 Å². The minimum Gasteiger partial charge on any atom is -0.465 e. The topological polar surface area (TPSA) is 43.8 Å². The van der Waals surface area contributed by atoms with Gasteiger partial charge in [0.2, 0.25) is 0 Å². The maximum absolute atomic E-state index is 11.8. The second kappa shape index (κ2) is 6.70. The highest BCUT2D eigenvalue weighted by molar-refractivity contribution is 6.18. The van der Waals surface area contributed by atoms with Crippen molar-refractivity contribution < 1.29 is 9.90 Å². The average Bonchev–Trinajstić information content (AvgIpc) is 2.47. The van der Waals surface area contributed by atoms with Crippen LogP contribution < -0.4 is 0 Å². The van der Waals surface area contributed by atoms with E-state index >= 15 is 0 Å². The van der Waals surface area contributed by atoms with Crippen molar-refractivity contribution in [2.75, 3.05) is 19.0 Å². The Morgan fingerprint density at radius 1 is 1.35 bits per heavy atom. The Balaban J connectivity index is 2.31. The number of halogens is 1. The molecule has 1 aromatic rings. The molecular formula is C18H27ClN2O2. The van der Waals surface area contributed by atoms with Crippen LogP contribution in [0.1, 0.15) is 33.3 Å². The third kappa shape index (κ3) is 3.64.